The number of rotatable bonds is 18. The van der Waals surface area contributed by atoms with Crippen molar-refractivity contribution in [2.75, 3.05) is 26.4 Å². The van der Waals surface area contributed by atoms with Crippen molar-refractivity contribution in [2.45, 2.75) is 65.6 Å². The van der Waals surface area contributed by atoms with Gasteiger partial charge in [0.15, 0.2) is 0 Å². The van der Waals surface area contributed by atoms with Crippen molar-refractivity contribution < 1.29 is 28.5 Å². The highest BCUT2D eigenvalue weighted by Crippen LogP contribution is 2.21. The van der Waals surface area contributed by atoms with E-state index in [0.29, 0.717) is 39.3 Å². The Kier molecular flexibility index (Phi) is 17.4. The molecule has 0 amide bonds. The Morgan fingerprint density at radius 3 is 1.44 bits per heavy atom. The maximum atomic E-state index is 12.2. The molecule has 4 aromatic rings. The van der Waals surface area contributed by atoms with Gasteiger partial charge < -0.3 is 18.9 Å². The molecule has 0 aliphatic carbocycles. The monoisotopic (exact) mass is 710 g/mol. The lowest BCUT2D eigenvalue weighted by molar-refractivity contribution is -0.169. The Balaban J connectivity index is 1.02. The Labute approximate surface area is 305 Å². The number of hydrogen-bond acceptors (Lipinski definition) is 8. The molecular formula is C42H46O6S2. The summed E-state index contributed by atoms with van der Waals surface area (Å²) in [5, 5.41) is 0. The first-order valence-corrected chi connectivity index (χ1v) is 18.8. The lowest BCUT2D eigenvalue weighted by atomic mass is 10.1. The number of carbonyl (C=O) groups is 2. The highest BCUT2D eigenvalue weighted by molar-refractivity contribution is 7.12. The number of benzene rings is 2. The molecule has 0 aliphatic rings. The van der Waals surface area contributed by atoms with Crippen LogP contribution in [0.4, 0.5) is 0 Å². The molecule has 0 aliphatic heterocycles. The van der Waals surface area contributed by atoms with E-state index in [0.717, 1.165) is 46.6 Å². The fraction of sp³-hybridized carbons (Fsp3) is 0.381. The highest BCUT2D eigenvalue weighted by Gasteiger charge is 2.20. The van der Waals surface area contributed by atoms with Gasteiger partial charge in [-0.3, -0.25) is 0 Å². The van der Waals surface area contributed by atoms with Crippen LogP contribution < -0.4 is 0 Å². The molecule has 6 nitrogen and oxygen atoms in total. The van der Waals surface area contributed by atoms with Crippen molar-refractivity contribution in [2.24, 2.45) is 11.8 Å². The summed E-state index contributed by atoms with van der Waals surface area (Å²) in [6.45, 7) is 6.77. The third kappa shape index (κ3) is 15.6. The molecule has 2 atom stereocenters. The average molecular weight is 711 g/mol. The van der Waals surface area contributed by atoms with Gasteiger partial charge in [-0.05, 0) is 72.9 Å². The first-order chi connectivity index (χ1) is 24.4. The Morgan fingerprint density at radius 1 is 0.600 bits per heavy atom. The van der Waals surface area contributed by atoms with E-state index >= 15 is 0 Å². The van der Waals surface area contributed by atoms with Gasteiger partial charge in [0.1, 0.15) is 0 Å². The highest BCUT2D eigenvalue weighted by atomic mass is 32.1. The molecule has 0 fully saturated rings. The minimum atomic E-state index is -0.933. The third-order valence-electron chi connectivity index (χ3n) is 7.64. The van der Waals surface area contributed by atoms with Crippen LogP contribution in [0.3, 0.4) is 0 Å². The second-order valence-electron chi connectivity index (χ2n) is 12.2. The minimum absolute atomic E-state index is 0.109. The number of esters is 2. The summed E-state index contributed by atoms with van der Waals surface area (Å²) >= 11 is 3.35. The van der Waals surface area contributed by atoms with Crippen LogP contribution in [0.5, 0.6) is 0 Å². The maximum absolute atomic E-state index is 12.2. The van der Waals surface area contributed by atoms with E-state index in [-0.39, 0.29) is 25.0 Å². The molecular weight excluding hydrogens is 665 g/mol. The van der Waals surface area contributed by atoms with E-state index in [2.05, 4.69) is 35.8 Å². The van der Waals surface area contributed by atoms with Gasteiger partial charge in [-0.15, -0.1) is 22.7 Å². The van der Waals surface area contributed by atoms with E-state index in [4.69, 9.17) is 18.9 Å². The van der Waals surface area contributed by atoms with Crippen LogP contribution in [0.2, 0.25) is 0 Å². The van der Waals surface area contributed by atoms with E-state index in [1.807, 2.05) is 86.6 Å². The van der Waals surface area contributed by atoms with Gasteiger partial charge in [0.2, 0.25) is 0 Å². The van der Waals surface area contributed by atoms with Crippen LogP contribution in [-0.2, 0) is 54.6 Å². The molecule has 2 aromatic carbocycles. The van der Waals surface area contributed by atoms with Gasteiger partial charge in [0.05, 0.1) is 49.4 Å². The molecule has 0 saturated heterocycles. The van der Waals surface area contributed by atoms with E-state index < -0.39 is 11.9 Å². The molecule has 0 spiro atoms. The lowest BCUT2D eigenvalue weighted by Crippen LogP contribution is -2.24. The first kappa shape index (κ1) is 38.6. The van der Waals surface area contributed by atoms with Gasteiger partial charge in [0, 0.05) is 22.6 Å². The second kappa shape index (κ2) is 22.5. The van der Waals surface area contributed by atoms with Crippen molar-refractivity contribution in [1.29, 1.82) is 0 Å². The zero-order valence-electron chi connectivity index (χ0n) is 29.0. The van der Waals surface area contributed by atoms with Gasteiger partial charge in [-0.1, -0.05) is 98.2 Å². The number of carbonyl (C=O) groups excluding carboxylic acids is 2. The molecule has 4 rings (SSSR count). The van der Waals surface area contributed by atoms with Crippen LogP contribution in [0, 0.1) is 35.5 Å². The zero-order chi connectivity index (χ0) is 35.2. The second-order valence-corrected chi connectivity index (χ2v) is 14.5. The smallest absolute Gasteiger partial charge is 0.417 e. The summed E-state index contributed by atoms with van der Waals surface area (Å²) < 4.78 is 21.9. The summed E-state index contributed by atoms with van der Waals surface area (Å²) in [5.74, 6) is 11.1. The van der Waals surface area contributed by atoms with Crippen LogP contribution >= 0.6 is 22.7 Å². The fourth-order valence-electron chi connectivity index (χ4n) is 4.73. The predicted octanol–water partition coefficient (Wildman–Crippen LogP) is 8.65. The molecule has 2 aromatic heterocycles. The molecule has 8 heteroatoms. The molecule has 0 saturated carbocycles. The van der Waals surface area contributed by atoms with E-state index in [9.17, 15) is 9.59 Å². The quantitative estimate of drug-likeness (QED) is 0.0446. The SMILES string of the molecule is CC(CCc1ccc(C#CCCOCc2ccccc2)s1)COC(=O)C(=O)OCC(C)CCc1ccc(C#CCCOCc2ccccc2)s1. The average Bonchev–Trinajstić information content (AvgIpc) is 3.81. The van der Waals surface area contributed by atoms with Gasteiger partial charge in [-0.25, -0.2) is 9.59 Å². The van der Waals surface area contributed by atoms with Crippen molar-refractivity contribution in [3.05, 3.63) is 116 Å². The molecule has 2 unspecified atom stereocenters. The standard InChI is InChI=1S/C42H46O6S2/c1-33(19-21-39-25-23-37(49-39)17-9-11-27-45-31-35-13-5-3-6-14-35)29-47-41(43)42(44)48-30-34(2)20-22-40-26-24-38(50-40)18-10-12-28-46-32-36-15-7-4-8-16-36/h3-8,13-16,23-26,33-34H,11-12,19-22,27-32H2,1-2H3. The third-order valence-corrected chi connectivity index (χ3v) is 9.76. The van der Waals surface area contributed by atoms with Gasteiger partial charge in [-0.2, -0.15) is 0 Å². The van der Waals surface area contributed by atoms with Crippen molar-refractivity contribution in [3.63, 3.8) is 0 Å². The van der Waals surface area contributed by atoms with Crippen LogP contribution in [0.25, 0.3) is 0 Å². The van der Waals surface area contributed by atoms with Crippen molar-refractivity contribution in [3.8, 4) is 23.7 Å². The lowest BCUT2D eigenvalue weighted by Gasteiger charge is -2.13. The summed E-state index contributed by atoms with van der Waals surface area (Å²) in [4.78, 5) is 29.0. The molecule has 0 radical (unpaired) electrons. The number of hydrogen-bond donors (Lipinski definition) is 0. The van der Waals surface area contributed by atoms with Crippen LogP contribution in [0.1, 0.15) is 70.2 Å². The van der Waals surface area contributed by atoms with Crippen molar-refractivity contribution in [1.82, 2.24) is 0 Å². The van der Waals surface area contributed by atoms with Crippen LogP contribution in [0.15, 0.2) is 84.9 Å². The fourth-order valence-corrected chi connectivity index (χ4v) is 6.53. The zero-order valence-corrected chi connectivity index (χ0v) is 30.6. The minimum Gasteiger partial charge on any atom is -0.457 e. The predicted molar refractivity (Wildman–Crippen MR) is 201 cm³/mol. The number of aryl methyl sites for hydroxylation is 2. The molecule has 262 valence electrons. The maximum Gasteiger partial charge on any atom is 0.417 e. The molecule has 0 bridgehead atoms. The Hall–Kier alpha value is -4.18. The summed E-state index contributed by atoms with van der Waals surface area (Å²) in [7, 11) is 0. The van der Waals surface area contributed by atoms with Crippen LogP contribution in [-0.4, -0.2) is 38.4 Å². The summed E-state index contributed by atoms with van der Waals surface area (Å²) in [5.41, 5.74) is 2.32. The Morgan fingerprint density at radius 2 is 1.02 bits per heavy atom. The van der Waals surface area contributed by atoms with E-state index in [1.165, 1.54) is 9.75 Å². The molecule has 0 N–H and O–H groups in total. The van der Waals surface area contributed by atoms with Gasteiger partial charge in [0.25, 0.3) is 0 Å². The largest absolute Gasteiger partial charge is 0.457 e. The number of ether oxygens (including phenoxy) is 4. The Bertz CT molecular complexity index is 1580. The molecule has 50 heavy (non-hydrogen) atoms. The summed E-state index contributed by atoms with van der Waals surface area (Å²) in [6.07, 6.45) is 4.75. The normalized spacial score (nSPS) is 11.8. The molecule has 2 heterocycles. The van der Waals surface area contributed by atoms with E-state index in [1.54, 1.807) is 22.7 Å². The van der Waals surface area contributed by atoms with Gasteiger partial charge >= 0.3 is 11.9 Å². The van der Waals surface area contributed by atoms with Crippen molar-refractivity contribution >= 4 is 34.6 Å². The first-order valence-electron chi connectivity index (χ1n) is 17.2. The topological polar surface area (TPSA) is 71.1 Å². The summed E-state index contributed by atoms with van der Waals surface area (Å²) in [6, 6.07) is 28.5. The number of thiophene rings is 2.